The van der Waals surface area contributed by atoms with Gasteiger partial charge in [-0.1, -0.05) is 30.3 Å². The van der Waals surface area contributed by atoms with Gasteiger partial charge >= 0.3 is 0 Å². The normalized spacial score (nSPS) is 26.4. The van der Waals surface area contributed by atoms with Crippen LogP contribution in [0.4, 0.5) is 0 Å². The second kappa shape index (κ2) is 6.53. The van der Waals surface area contributed by atoms with E-state index >= 15 is 0 Å². The summed E-state index contributed by atoms with van der Waals surface area (Å²) in [5.74, 6) is 1.69. The number of nitrogens with one attached hydrogen (secondary N) is 1. The van der Waals surface area contributed by atoms with E-state index in [1.54, 1.807) is 0 Å². The molecule has 2 aliphatic heterocycles. The highest BCUT2D eigenvalue weighted by molar-refractivity contribution is 5.20. The van der Waals surface area contributed by atoms with Crippen LogP contribution in [0.3, 0.4) is 0 Å². The van der Waals surface area contributed by atoms with Crippen LogP contribution in [0.5, 0.6) is 0 Å². The van der Waals surface area contributed by atoms with Crippen molar-refractivity contribution in [3.05, 3.63) is 35.9 Å². The zero-order valence-electron chi connectivity index (χ0n) is 11.9. The first kappa shape index (κ1) is 13.1. The summed E-state index contributed by atoms with van der Waals surface area (Å²) in [6.07, 6.45) is 5.47. The molecular formula is C17H26N2. The lowest BCUT2D eigenvalue weighted by Gasteiger charge is -2.36. The average Bonchev–Trinajstić information content (AvgIpc) is 2.49. The SMILES string of the molecule is c1ccc(C2CCCN(CC3CCNCC3)C2)cc1. The van der Waals surface area contributed by atoms with Gasteiger partial charge in [-0.05, 0) is 62.7 Å². The summed E-state index contributed by atoms with van der Waals surface area (Å²) in [7, 11) is 0. The highest BCUT2D eigenvalue weighted by Crippen LogP contribution is 2.27. The fourth-order valence-corrected chi connectivity index (χ4v) is 3.65. The third-order valence-corrected chi connectivity index (χ3v) is 4.75. The van der Waals surface area contributed by atoms with Crippen LogP contribution in [0.1, 0.15) is 37.2 Å². The third kappa shape index (κ3) is 3.58. The van der Waals surface area contributed by atoms with E-state index < -0.39 is 0 Å². The van der Waals surface area contributed by atoms with Gasteiger partial charge < -0.3 is 10.2 Å². The minimum atomic E-state index is 0.761. The van der Waals surface area contributed by atoms with Gasteiger partial charge in [-0.25, -0.2) is 0 Å². The number of nitrogens with zero attached hydrogens (tertiary/aromatic N) is 1. The van der Waals surface area contributed by atoms with Gasteiger partial charge in [0.15, 0.2) is 0 Å². The smallest absolute Gasteiger partial charge is 0.00504 e. The predicted octanol–water partition coefficient (Wildman–Crippen LogP) is 2.87. The zero-order valence-corrected chi connectivity index (χ0v) is 11.9. The molecule has 19 heavy (non-hydrogen) atoms. The van der Waals surface area contributed by atoms with Gasteiger partial charge in [-0.2, -0.15) is 0 Å². The van der Waals surface area contributed by atoms with Crippen LogP contribution >= 0.6 is 0 Å². The topological polar surface area (TPSA) is 15.3 Å². The predicted molar refractivity (Wildman–Crippen MR) is 80.5 cm³/mol. The Labute approximate surface area is 117 Å². The molecular weight excluding hydrogens is 232 g/mol. The van der Waals surface area contributed by atoms with Gasteiger partial charge in [-0.3, -0.25) is 0 Å². The Morgan fingerprint density at radius 1 is 1.05 bits per heavy atom. The molecule has 2 aliphatic rings. The van der Waals surface area contributed by atoms with Gasteiger partial charge in [0.1, 0.15) is 0 Å². The first-order valence-corrected chi connectivity index (χ1v) is 7.90. The summed E-state index contributed by atoms with van der Waals surface area (Å²) in [4.78, 5) is 2.72. The number of likely N-dealkylation sites (tertiary alicyclic amines) is 1. The van der Waals surface area contributed by atoms with Gasteiger partial charge in [0.2, 0.25) is 0 Å². The number of hydrogen-bond donors (Lipinski definition) is 1. The summed E-state index contributed by atoms with van der Waals surface area (Å²) in [5, 5.41) is 3.47. The second-order valence-corrected chi connectivity index (χ2v) is 6.20. The van der Waals surface area contributed by atoms with Crippen molar-refractivity contribution < 1.29 is 0 Å². The second-order valence-electron chi connectivity index (χ2n) is 6.20. The van der Waals surface area contributed by atoms with Crippen molar-refractivity contribution in [2.75, 3.05) is 32.7 Å². The summed E-state index contributed by atoms with van der Waals surface area (Å²) in [6, 6.07) is 11.1. The van der Waals surface area contributed by atoms with Crippen LogP contribution in [0, 0.1) is 5.92 Å². The minimum absolute atomic E-state index is 0.761. The highest BCUT2D eigenvalue weighted by Gasteiger charge is 2.23. The Morgan fingerprint density at radius 3 is 2.63 bits per heavy atom. The molecule has 1 atom stereocenters. The Balaban J connectivity index is 1.55. The zero-order chi connectivity index (χ0) is 12.9. The molecule has 2 heterocycles. The molecule has 0 aromatic heterocycles. The molecule has 2 nitrogen and oxygen atoms in total. The molecule has 104 valence electrons. The average molecular weight is 258 g/mol. The van der Waals surface area contributed by atoms with Crippen molar-refractivity contribution in [2.24, 2.45) is 5.92 Å². The maximum Gasteiger partial charge on any atom is 0.00504 e. The molecule has 2 fully saturated rings. The number of piperidine rings is 2. The lowest BCUT2D eigenvalue weighted by Crippen LogP contribution is -2.40. The van der Waals surface area contributed by atoms with E-state index in [-0.39, 0.29) is 0 Å². The van der Waals surface area contributed by atoms with E-state index in [1.807, 2.05) is 0 Å². The Morgan fingerprint density at radius 2 is 1.84 bits per heavy atom. The van der Waals surface area contributed by atoms with Crippen molar-refractivity contribution in [1.29, 1.82) is 0 Å². The molecule has 3 rings (SSSR count). The van der Waals surface area contributed by atoms with Crippen LogP contribution < -0.4 is 5.32 Å². The van der Waals surface area contributed by atoms with Crippen LogP contribution in [0.25, 0.3) is 0 Å². The van der Waals surface area contributed by atoms with Gasteiger partial charge in [-0.15, -0.1) is 0 Å². The van der Waals surface area contributed by atoms with Crippen molar-refractivity contribution >= 4 is 0 Å². The fraction of sp³-hybridized carbons (Fsp3) is 0.647. The fourth-order valence-electron chi connectivity index (χ4n) is 3.65. The molecule has 0 bridgehead atoms. The number of rotatable bonds is 3. The van der Waals surface area contributed by atoms with E-state index in [2.05, 4.69) is 40.5 Å². The molecule has 1 unspecified atom stereocenters. The van der Waals surface area contributed by atoms with Crippen LogP contribution in [-0.2, 0) is 0 Å². The van der Waals surface area contributed by atoms with E-state index in [0.29, 0.717) is 0 Å². The molecule has 0 radical (unpaired) electrons. The molecule has 2 saturated heterocycles. The lowest BCUT2D eigenvalue weighted by atomic mass is 9.89. The number of benzene rings is 1. The maximum atomic E-state index is 3.47. The molecule has 0 aliphatic carbocycles. The van der Waals surface area contributed by atoms with Crippen molar-refractivity contribution in [3.8, 4) is 0 Å². The standard InChI is InChI=1S/C17H26N2/c1-2-5-16(6-3-1)17-7-4-12-19(14-17)13-15-8-10-18-11-9-15/h1-3,5-6,15,17-18H,4,7-14H2. The molecule has 0 saturated carbocycles. The van der Waals surface area contributed by atoms with E-state index in [9.17, 15) is 0 Å². The van der Waals surface area contributed by atoms with Crippen LogP contribution in [0.2, 0.25) is 0 Å². The van der Waals surface area contributed by atoms with Crippen molar-refractivity contribution in [1.82, 2.24) is 10.2 Å². The summed E-state index contributed by atoms with van der Waals surface area (Å²) < 4.78 is 0. The van der Waals surface area contributed by atoms with Crippen LogP contribution in [-0.4, -0.2) is 37.6 Å². The molecule has 0 amide bonds. The minimum Gasteiger partial charge on any atom is -0.317 e. The van der Waals surface area contributed by atoms with Gasteiger partial charge in [0.25, 0.3) is 0 Å². The third-order valence-electron chi connectivity index (χ3n) is 4.75. The number of hydrogen-bond acceptors (Lipinski definition) is 2. The Kier molecular flexibility index (Phi) is 4.52. The summed E-state index contributed by atoms with van der Waals surface area (Å²) >= 11 is 0. The monoisotopic (exact) mass is 258 g/mol. The van der Waals surface area contributed by atoms with Crippen LogP contribution in [0.15, 0.2) is 30.3 Å². The summed E-state index contributed by atoms with van der Waals surface area (Å²) in [5.41, 5.74) is 1.54. The molecule has 1 aromatic rings. The van der Waals surface area contributed by atoms with E-state index in [4.69, 9.17) is 0 Å². The Bertz CT molecular complexity index is 370. The summed E-state index contributed by atoms with van der Waals surface area (Å²) in [6.45, 7) is 6.35. The quantitative estimate of drug-likeness (QED) is 0.897. The lowest BCUT2D eigenvalue weighted by molar-refractivity contribution is 0.163. The maximum absolute atomic E-state index is 3.47. The first-order chi connectivity index (χ1) is 9.42. The van der Waals surface area contributed by atoms with E-state index in [0.717, 1.165) is 11.8 Å². The molecule has 2 heteroatoms. The molecule has 1 aromatic carbocycles. The van der Waals surface area contributed by atoms with Crippen molar-refractivity contribution in [3.63, 3.8) is 0 Å². The first-order valence-electron chi connectivity index (χ1n) is 7.90. The van der Waals surface area contributed by atoms with Gasteiger partial charge in [0, 0.05) is 13.1 Å². The largest absolute Gasteiger partial charge is 0.317 e. The molecule has 0 spiro atoms. The van der Waals surface area contributed by atoms with E-state index in [1.165, 1.54) is 64.0 Å². The molecule has 1 N–H and O–H groups in total. The van der Waals surface area contributed by atoms with Crippen molar-refractivity contribution in [2.45, 2.75) is 31.6 Å². The Hall–Kier alpha value is -0.860. The van der Waals surface area contributed by atoms with Gasteiger partial charge in [0.05, 0.1) is 0 Å². The highest BCUT2D eigenvalue weighted by atomic mass is 15.1.